The second-order valence-corrected chi connectivity index (χ2v) is 3.46. The monoisotopic (exact) mass is 244 g/mol. The third kappa shape index (κ3) is 1.71. The van der Waals surface area contributed by atoms with Crippen molar-refractivity contribution in [1.29, 1.82) is 5.26 Å². The van der Waals surface area contributed by atoms with Gasteiger partial charge in [-0.05, 0) is 28.1 Å². The number of benzene rings is 1. The predicted molar refractivity (Wildman–Crippen MR) is 52.9 cm³/mol. The van der Waals surface area contributed by atoms with Crippen molar-refractivity contribution < 1.29 is 0 Å². The molecule has 0 unspecified atom stereocenters. The normalized spacial score (nSPS) is 9.42. The van der Waals surface area contributed by atoms with Crippen molar-refractivity contribution in [2.75, 3.05) is 5.73 Å². The molecule has 0 aromatic heterocycles. The summed E-state index contributed by atoms with van der Waals surface area (Å²) < 4.78 is 0.719. The Morgan fingerprint density at radius 1 is 1.58 bits per heavy atom. The van der Waals surface area contributed by atoms with E-state index < -0.39 is 0 Å². The summed E-state index contributed by atoms with van der Waals surface area (Å²) in [5, 5.41) is 9.06. The topological polar surface area (TPSA) is 49.8 Å². The average molecular weight is 246 g/mol. The molecule has 0 fully saturated rings. The Hall–Kier alpha value is -0.720. The molecular weight excluding hydrogens is 239 g/mol. The molecule has 0 atom stereocenters. The number of rotatable bonds is 1. The third-order valence-corrected chi connectivity index (χ3v) is 2.76. The first-order valence-electron chi connectivity index (χ1n) is 3.26. The van der Waals surface area contributed by atoms with Gasteiger partial charge in [-0.2, -0.15) is 5.26 Å². The molecule has 4 heteroatoms. The lowest BCUT2D eigenvalue weighted by Gasteiger charge is -2.04. The van der Waals surface area contributed by atoms with Crippen molar-refractivity contribution in [2.45, 2.75) is 6.42 Å². The second-order valence-electron chi connectivity index (χ2n) is 2.26. The van der Waals surface area contributed by atoms with Crippen molar-refractivity contribution in [3.05, 3.63) is 27.2 Å². The average Bonchev–Trinajstić information content (AvgIpc) is 2.06. The minimum absolute atomic E-state index is 0.268. The van der Waals surface area contributed by atoms with Crippen LogP contribution in [-0.4, -0.2) is 0 Å². The lowest BCUT2D eigenvalue weighted by Crippen LogP contribution is -1.92. The van der Waals surface area contributed by atoms with Crippen molar-refractivity contribution in [2.24, 2.45) is 0 Å². The first kappa shape index (κ1) is 9.37. The van der Waals surface area contributed by atoms with Crippen LogP contribution in [0.5, 0.6) is 0 Å². The van der Waals surface area contributed by atoms with E-state index in [9.17, 15) is 0 Å². The maximum absolute atomic E-state index is 8.49. The molecule has 0 aliphatic carbocycles. The van der Waals surface area contributed by atoms with Crippen LogP contribution in [0.1, 0.15) is 5.56 Å². The van der Waals surface area contributed by atoms with Crippen LogP contribution in [0.4, 0.5) is 5.69 Å². The summed E-state index contributed by atoms with van der Waals surface area (Å²) in [5.74, 6) is 0. The van der Waals surface area contributed by atoms with Gasteiger partial charge in [0.2, 0.25) is 0 Å². The minimum atomic E-state index is 0.268. The fraction of sp³-hybridized carbons (Fsp3) is 0.125. The van der Waals surface area contributed by atoms with E-state index in [0.29, 0.717) is 10.7 Å². The summed E-state index contributed by atoms with van der Waals surface area (Å²) in [6.45, 7) is 0. The highest BCUT2D eigenvalue weighted by Crippen LogP contribution is 2.30. The van der Waals surface area contributed by atoms with Crippen LogP contribution in [0.2, 0.25) is 5.02 Å². The molecule has 0 radical (unpaired) electrons. The van der Waals surface area contributed by atoms with Gasteiger partial charge in [0.1, 0.15) is 0 Å². The Morgan fingerprint density at radius 2 is 2.25 bits per heavy atom. The van der Waals surface area contributed by atoms with Crippen molar-refractivity contribution >= 4 is 33.2 Å². The number of anilines is 1. The van der Waals surface area contributed by atoms with Crippen LogP contribution in [-0.2, 0) is 6.42 Å². The molecule has 0 saturated carbocycles. The van der Waals surface area contributed by atoms with Gasteiger partial charge in [0.15, 0.2) is 0 Å². The van der Waals surface area contributed by atoms with Crippen LogP contribution in [0.25, 0.3) is 0 Å². The van der Waals surface area contributed by atoms with Gasteiger partial charge < -0.3 is 5.73 Å². The van der Waals surface area contributed by atoms with E-state index in [-0.39, 0.29) is 6.42 Å². The molecule has 2 N–H and O–H groups in total. The van der Waals surface area contributed by atoms with E-state index in [1.54, 1.807) is 12.1 Å². The zero-order valence-corrected chi connectivity index (χ0v) is 8.48. The molecule has 0 aliphatic heterocycles. The first-order valence-corrected chi connectivity index (χ1v) is 4.43. The number of nitrogen functional groups attached to an aromatic ring is 1. The van der Waals surface area contributed by atoms with Crippen LogP contribution in [0.15, 0.2) is 16.6 Å². The van der Waals surface area contributed by atoms with Crippen LogP contribution in [0.3, 0.4) is 0 Å². The lowest BCUT2D eigenvalue weighted by molar-refractivity contribution is 1.25. The van der Waals surface area contributed by atoms with Gasteiger partial charge >= 0.3 is 0 Å². The summed E-state index contributed by atoms with van der Waals surface area (Å²) in [5.41, 5.74) is 6.96. The molecule has 0 saturated heterocycles. The lowest BCUT2D eigenvalue weighted by atomic mass is 10.1. The Kier molecular flexibility index (Phi) is 2.96. The Bertz CT molecular complexity index is 344. The van der Waals surface area contributed by atoms with Gasteiger partial charge in [0.05, 0.1) is 12.5 Å². The molecule has 2 nitrogen and oxygen atoms in total. The van der Waals surface area contributed by atoms with Gasteiger partial charge in [-0.1, -0.05) is 11.6 Å². The molecule has 1 aromatic carbocycles. The fourth-order valence-electron chi connectivity index (χ4n) is 0.857. The molecule has 1 aromatic rings. The van der Waals surface area contributed by atoms with E-state index in [1.807, 2.05) is 6.07 Å². The van der Waals surface area contributed by atoms with Gasteiger partial charge in [0, 0.05) is 20.7 Å². The highest BCUT2D eigenvalue weighted by Gasteiger charge is 2.07. The van der Waals surface area contributed by atoms with E-state index in [0.717, 1.165) is 10.0 Å². The smallest absolute Gasteiger partial charge is 0.0670 e. The maximum atomic E-state index is 8.49. The number of hydrogen-bond acceptors (Lipinski definition) is 2. The van der Waals surface area contributed by atoms with Gasteiger partial charge in [-0.15, -0.1) is 0 Å². The van der Waals surface area contributed by atoms with Crippen LogP contribution < -0.4 is 5.73 Å². The number of nitrogens with zero attached hydrogens (tertiary/aromatic N) is 1. The standard InChI is InChI=1S/C8H6BrClN2/c9-8-5(3-4-11)6(10)1-2-7(8)12/h1-2H,3,12H2. The van der Waals surface area contributed by atoms with Gasteiger partial charge in [0.25, 0.3) is 0 Å². The largest absolute Gasteiger partial charge is 0.398 e. The highest BCUT2D eigenvalue weighted by atomic mass is 79.9. The maximum Gasteiger partial charge on any atom is 0.0670 e. The molecule has 0 spiro atoms. The number of nitrogens with two attached hydrogens (primary N) is 1. The van der Waals surface area contributed by atoms with Crippen LogP contribution >= 0.6 is 27.5 Å². The quantitative estimate of drug-likeness (QED) is 0.774. The molecule has 12 heavy (non-hydrogen) atoms. The Balaban J connectivity index is 3.25. The molecule has 0 heterocycles. The minimum Gasteiger partial charge on any atom is -0.398 e. The molecular formula is C8H6BrClN2. The fourth-order valence-corrected chi connectivity index (χ4v) is 1.68. The summed E-state index contributed by atoms with van der Waals surface area (Å²) in [6.07, 6.45) is 0.268. The highest BCUT2D eigenvalue weighted by molar-refractivity contribution is 9.10. The van der Waals surface area contributed by atoms with Gasteiger partial charge in [-0.25, -0.2) is 0 Å². The molecule has 1 rings (SSSR count). The number of halogens is 2. The molecule has 0 bridgehead atoms. The summed E-state index contributed by atoms with van der Waals surface area (Å²) in [6, 6.07) is 5.41. The van der Waals surface area contributed by atoms with E-state index in [2.05, 4.69) is 15.9 Å². The Labute approximate surface area is 84.1 Å². The molecule has 62 valence electrons. The summed E-state index contributed by atoms with van der Waals surface area (Å²) in [7, 11) is 0. The number of nitriles is 1. The van der Waals surface area contributed by atoms with E-state index in [4.69, 9.17) is 22.6 Å². The first-order chi connectivity index (χ1) is 5.66. The second kappa shape index (κ2) is 3.79. The third-order valence-electron chi connectivity index (χ3n) is 1.47. The van der Waals surface area contributed by atoms with E-state index >= 15 is 0 Å². The predicted octanol–water partition coefficient (Wildman–Crippen LogP) is 2.75. The molecule has 0 amide bonds. The zero-order chi connectivity index (χ0) is 9.14. The summed E-state index contributed by atoms with van der Waals surface area (Å²) in [4.78, 5) is 0. The molecule has 0 aliphatic rings. The van der Waals surface area contributed by atoms with Crippen molar-refractivity contribution in [3.63, 3.8) is 0 Å². The zero-order valence-electron chi connectivity index (χ0n) is 6.14. The van der Waals surface area contributed by atoms with Crippen molar-refractivity contribution in [1.82, 2.24) is 0 Å². The SMILES string of the molecule is N#CCc1c(Cl)ccc(N)c1Br. The summed E-state index contributed by atoms with van der Waals surface area (Å²) >= 11 is 9.12. The van der Waals surface area contributed by atoms with Crippen molar-refractivity contribution in [3.8, 4) is 6.07 Å². The van der Waals surface area contributed by atoms with E-state index in [1.165, 1.54) is 0 Å². The Morgan fingerprint density at radius 3 is 2.83 bits per heavy atom. The number of hydrogen-bond donors (Lipinski definition) is 1. The van der Waals surface area contributed by atoms with Crippen LogP contribution in [0, 0.1) is 11.3 Å². The van der Waals surface area contributed by atoms with Gasteiger partial charge in [-0.3, -0.25) is 0 Å².